The highest BCUT2D eigenvalue weighted by Crippen LogP contribution is 2.39. The topological polar surface area (TPSA) is 50.3 Å². The van der Waals surface area contributed by atoms with Crippen molar-refractivity contribution in [3.63, 3.8) is 0 Å². The minimum Gasteiger partial charge on any atom is -0.380 e. The highest BCUT2D eigenvalue weighted by Gasteiger charge is 2.28. The highest BCUT2D eigenvalue weighted by atomic mass is 16.5. The van der Waals surface area contributed by atoms with Gasteiger partial charge in [0.2, 0.25) is 0 Å². The zero-order valence-electron chi connectivity index (χ0n) is 11.6. The van der Waals surface area contributed by atoms with Crippen molar-refractivity contribution in [2.75, 3.05) is 43.1 Å². The lowest BCUT2D eigenvalue weighted by Crippen LogP contribution is -2.27. The number of aromatic nitrogens is 2. The first-order chi connectivity index (χ1) is 9.36. The van der Waals surface area contributed by atoms with Crippen LogP contribution in [0.15, 0.2) is 6.07 Å². The summed E-state index contributed by atoms with van der Waals surface area (Å²) in [5, 5.41) is 3.32. The summed E-state index contributed by atoms with van der Waals surface area (Å²) in [5.41, 5.74) is 0. The summed E-state index contributed by atoms with van der Waals surface area (Å²) in [4.78, 5) is 11.7. The van der Waals surface area contributed by atoms with Crippen molar-refractivity contribution in [2.24, 2.45) is 0 Å². The van der Waals surface area contributed by atoms with E-state index in [0.29, 0.717) is 5.92 Å². The molecular weight excluding hydrogens is 240 g/mol. The molecule has 104 valence electrons. The van der Waals surface area contributed by atoms with Gasteiger partial charge in [0, 0.05) is 38.2 Å². The van der Waals surface area contributed by atoms with E-state index in [2.05, 4.69) is 28.2 Å². The van der Waals surface area contributed by atoms with Gasteiger partial charge in [0.05, 0.1) is 6.61 Å². The van der Waals surface area contributed by atoms with Crippen molar-refractivity contribution >= 4 is 11.6 Å². The SMILES string of the molecule is CCNc1cc(N2CCCOCC2)nc(C2CC2)n1. The second-order valence-corrected chi connectivity index (χ2v) is 5.23. The Morgan fingerprint density at radius 3 is 3.00 bits per heavy atom. The van der Waals surface area contributed by atoms with Crippen LogP contribution in [-0.4, -0.2) is 42.8 Å². The lowest BCUT2D eigenvalue weighted by molar-refractivity contribution is 0.152. The van der Waals surface area contributed by atoms with Gasteiger partial charge in [0.25, 0.3) is 0 Å². The summed E-state index contributed by atoms with van der Waals surface area (Å²) in [6, 6.07) is 2.07. The maximum absolute atomic E-state index is 5.51. The van der Waals surface area contributed by atoms with Gasteiger partial charge in [-0.25, -0.2) is 9.97 Å². The normalized spacial score (nSPS) is 20.2. The minimum absolute atomic E-state index is 0.584. The second kappa shape index (κ2) is 5.74. The molecule has 0 radical (unpaired) electrons. The Bertz CT molecular complexity index is 425. The number of anilines is 2. The Balaban J connectivity index is 1.85. The molecule has 5 heteroatoms. The van der Waals surface area contributed by atoms with E-state index < -0.39 is 0 Å². The number of rotatable bonds is 4. The Kier molecular flexibility index (Phi) is 3.82. The first kappa shape index (κ1) is 12.7. The fourth-order valence-electron chi connectivity index (χ4n) is 2.39. The van der Waals surface area contributed by atoms with Gasteiger partial charge in [-0.1, -0.05) is 0 Å². The predicted molar refractivity (Wildman–Crippen MR) is 75.8 cm³/mol. The van der Waals surface area contributed by atoms with Gasteiger partial charge in [-0.3, -0.25) is 0 Å². The van der Waals surface area contributed by atoms with Crippen LogP contribution < -0.4 is 10.2 Å². The molecule has 1 N–H and O–H groups in total. The molecule has 0 amide bonds. The molecule has 2 aliphatic rings. The van der Waals surface area contributed by atoms with E-state index in [-0.39, 0.29) is 0 Å². The summed E-state index contributed by atoms with van der Waals surface area (Å²) < 4.78 is 5.51. The van der Waals surface area contributed by atoms with Gasteiger partial charge in [0.15, 0.2) is 0 Å². The van der Waals surface area contributed by atoms with Gasteiger partial charge in [-0.15, -0.1) is 0 Å². The zero-order chi connectivity index (χ0) is 13.1. The summed E-state index contributed by atoms with van der Waals surface area (Å²) >= 11 is 0. The van der Waals surface area contributed by atoms with E-state index in [1.54, 1.807) is 0 Å². The lowest BCUT2D eigenvalue weighted by Gasteiger charge is -2.22. The van der Waals surface area contributed by atoms with Crippen LogP contribution in [0.5, 0.6) is 0 Å². The van der Waals surface area contributed by atoms with Gasteiger partial charge in [0.1, 0.15) is 17.5 Å². The largest absolute Gasteiger partial charge is 0.380 e. The third-order valence-electron chi connectivity index (χ3n) is 3.58. The van der Waals surface area contributed by atoms with E-state index in [9.17, 15) is 0 Å². The predicted octanol–water partition coefficient (Wildman–Crippen LogP) is 2.01. The number of hydrogen-bond acceptors (Lipinski definition) is 5. The third kappa shape index (κ3) is 3.15. The van der Waals surface area contributed by atoms with Crippen LogP contribution in [0.25, 0.3) is 0 Å². The van der Waals surface area contributed by atoms with Crippen LogP contribution in [0.1, 0.15) is 37.9 Å². The number of nitrogens with one attached hydrogen (secondary N) is 1. The van der Waals surface area contributed by atoms with Crippen LogP contribution in [0.2, 0.25) is 0 Å². The van der Waals surface area contributed by atoms with E-state index in [4.69, 9.17) is 9.72 Å². The molecule has 0 bridgehead atoms. The molecule has 2 fully saturated rings. The van der Waals surface area contributed by atoms with E-state index in [0.717, 1.165) is 56.7 Å². The Labute approximate surface area is 114 Å². The highest BCUT2D eigenvalue weighted by molar-refractivity contribution is 5.50. The van der Waals surface area contributed by atoms with Gasteiger partial charge >= 0.3 is 0 Å². The molecule has 1 saturated carbocycles. The molecule has 1 aliphatic heterocycles. The Hall–Kier alpha value is -1.36. The molecular formula is C14H22N4O. The van der Waals surface area contributed by atoms with Crippen molar-refractivity contribution < 1.29 is 4.74 Å². The molecule has 0 unspecified atom stereocenters. The summed E-state index contributed by atoms with van der Waals surface area (Å²) in [6.07, 6.45) is 3.54. The van der Waals surface area contributed by atoms with Crippen molar-refractivity contribution in [3.8, 4) is 0 Å². The fraction of sp³-hybridized carbons (Fsp3) is 0.714. The van der Waals surface area contributed by atoms with Crippen molar-refractivity contribution in [3.05, 3.63) is 11.9 Å². The number of hydrogen-bond donors (Lipinski definition) is 1. The van der Waals surface area contributed by atoms with Gasteiger partial charge in [-0.2, -0.15) is 0 Å². The van der Waals surface area contributed by atoms with Crippen molar-refractivity contribution in [2.45, 2.75) is 32.1 Å². The van der Waals surface area contributed by atoms with Crippen molar-refractivity contribution in [1.82, 2.24) is 9.97 Å². The minimum atomic E-state index is 0.584. The molecule has 19 heavy (non-hydrogen) atoms. The summed E-state index contributed by atoms with van der Waals surface area (Å²) in [5.74, 6) is 3.61. The zero-order valence-corrected chi connectivity index (χ0v) is 11.6. The quantitative estimate of drug-likeness (QED) is 0.899. The molecule has 5 nitrogen and oxygen atoms in total. The molecule has 1 saturated heterocycles. The molecule has 0 atom stereocenters. The van der Waals surface area contributed by atoms with Crippen LogP contribution in [0.3, 0.4) is 0 Å². The average Bonchev–Trinajstić information content (AvgIpc) is 3.26. The number of nitrogens with zero attached hydrogens (tertiary/aromatic N) is 3. The summed E-state index contributed by atoms with van der Waals surface area (Å²) in [6.45, 7) is 6.58. The monoisotopic (exact) mass is 262 g/mol. The first-order valence-corrected chi connectivity index (χ1v) is 7.32. The fourth-order valence-corrected chi connectivity index (χ4v) is 2.39. The van der Waals surface area contributed by atoms with Crippen LogP contribution in [0.4, 0.5) is 11.6 Å². The molecule has 2 heterocycles. The number of ether oxygens (including phenoxy) is 1. The maximum atomic E-state index is 5.51. The van der Waals surface area contributed by atoms with Gasteiger partial charge < -0.3 is 15.0 Å². The molecule has 0 spiro atoms. The molecule has 1 aromatic heterocycles. The molecule has 0 aromatic carbocycles. The van der Waals surface area contributed by atoms with Gasteiger partial charge in [-0.05, 0) is 26.2 Å². The lowest BCUT2D eigenvalue weighted by atomic mass is 10.3. The smallest absolute Gasteiger partial charge is 0.136 e. The van der Waals surface area contributed by atoms with Crippen LogP contribution >= 0.6 is 0 Å². The molecule has 1 aliphatic carbocycles. The third-order valence-corrected chi connectivity index (χ3v) is 3.58. The van der Waals surface area contributed by atoms with Crippen LogP contribution in [-0.2, 0) is 4.74 Å². The summed E-state index contributed by atoms with van der Waals surface area (Å²) in [7, 11) is 0. The van der Waals surface area contributed by atoms with E-state index in [1.165, 1.54) is 12.8 Å². The van der Waals surface area contributed by atoms with Crippen molar-refractivity contribution in [1.29, 1.82) is 0 Å². The Morgan fingerprint density at radius 2 is 2.21 bits per heavy atom. The average molecular weight is 262 g/mol. The maximum Gasteiger partial charge on any atom is 0.136 e. The first-order valence-electron chi connectivity index (χ1n) is 7.32. The standard InChI is InChI=1S/C14H22N4O/c1-2-15-12-10-13(17-14(16-12)11-4-5-11)18-6-3-8-19-9-7-18/h10-11H,2-9H2,1H3,(H,15,16,17). The van der Waals surface area contributed by atoms with E-state index >= 15 is 0 Å². The van der Waals surface area contributed by atoms with Crippen LogP contribution in [0, 0.1) is 0 Å². The second-order valence-electron chi connectivity index (χ2n) is 5.23. The Morgan fingerprint density at radius 1 is 1.32 bits per heavy atom. The molecule has 3 rings (SSSR count). The molecule has 1 aromatic rings. The van der Waals surface area contributed by atoms with E-state index in [1.807, 2.05) is 0 Å².